The van der Waals surface area contributed by atoms with Gasteiger partial charge in [-0.2, -0.15) is 20.1 Å². The molecule has 3 aromatic carbocycles. The monoisotopic (exact) mass is 541 g/mol. The molecule has 0 bridgehead atoms. The van der Waals surface area contributed by atoms with Crippen molar-refractivity contribution in [1.82, 2.24) is 15.0 Å². The smallest absolute Gasteiger partial charge is 0.250 e. The van der Waals surface area contributed by atoms with Gasteiger partial charge in [0, 0.05) is 24.3 Å². The standard InChI is InChI=1S/C30H32FN7O2/c1-2-39-27-19-22(15-16-26(27)40-21-23-11-7-8-14-25(23)31)20-32-37-29-34-28(33-24-12-5-3-6-13-24)35-30(36-29)38-17-9-4-10-18-38/h3,5-8,11-16,19-20H,2,4,9-10,17-18,21H2,1H3,(H2,33,34,35,36,37)/b32-20+. The van der Waals surface area contributed by atoms with E-state index in [0.717, 1.165) is 37.2 Å². The Kier molecular flexibility index (Phi) is 8.98. The van der Waals surface area contributed by atoms with Gasteiger partial charge in [0.15, 0.2) is 11.5 Å². The summed E-state index contributed by atoms with van der Waals surface area (Å²) in [6.07, 6.45) is 5.08. The molecule has 4 aromatic rings. The highest BCUT2D eigenvalue weighted by Gasteiger charge is 2.16. The second-order valence-corrected chi connectivity index (χ2v) is 9.21. The Morgan fingerprint density at radius 3 is 2.45 bits per heavy atom. The van der Waals surface area contributed by atoms with E-state index in [9.17, 15) is 4.39 Å². The first kappa shape index (κ1) is 26.9. The summed E-state index contributed by atoms with van der Waals surface area (Å²) in [6.45, 7) is 4.26. The van der Waals surface area contributed by atoms with E-state index in [4.69, 9.17) is 9.47 Å². The summed E-state index contributed by atoms with van der Waals surface area (Å²) in [5, 5.41) is 7.61. The fourth-order valence-electron chi connectivity index (χ4n) is 4.28. The topological polar surface area (TPSA) is 96.8 Å². The fraction of sp³-hybridized carbons (Fsp3) is 0.267. The third-order valence-corrected chi connectivity index (χ3v) is 6.28. The Bertz CT molecular complexity index is 1430. The second kappa shape index (κ2) is 13.4. The zero-order chi connectivity index (χ0) is 27.6. The third-order valence-electron chi connectivity index (χ3n) is 6.28. The van der Waals surface area contributed by atoms with Crippen LogP contribution in [0.4, 0.5) is 27.9 Å². The van der Waals surface area contributed by atoms with Crippen LogP contribution < -0.4 is 25.1 Å². The third kappa shape index (κ3) is 7.22. The minimum Gasteiger partial charge on any atom is -0.490 e. The molecule has 1 saturated heterocycles. The van der Waals surface area contributed by atoms with Gasteiger partial charge in [0.05, 0.1) is 12.8 Å². The van der Waals surface area contributed by atoms with Gasteiger partial charge in [-0.1, -0.05) is 36.4 Å². The molecular weight excluding hydrogens is 509 g/mol. The van der Waals surface area contributed by atoms with Crippen LogP contribution in [0, 0.1) is 5.82 Å². The lowest BCUT2D eigenvalue weighted by Gasteiger charge is -2.26. The summed E-state index contributed by atoms with van der Waals surface area (Å²) in [6, 6.07) is 21.8. The molecule has 206 valence electrons. The number of nitrogens with one attached hydrogen (secondary N) is 2. The molecule has 0 aliphatic carbocycles. The molecule has 0 spiro atoms. The van der Waals surface area contributed by atoms with Crippen LogP contribution in [0.15, 0.2) is 77.9 Å². The van der Waals surface area contributed by atoms with Crippen molar-refractivity contribution < 1.29 is 13.9 Å². The molecule has 9 nitrogen and oxygen atoms in total. The molecule has 2 N–H and O–H groups in total. The quantitative estimate of drug-likeness (QED) is 0.172. The number of nitrogens with zero attached hydrogens (tertiary/aromatic N) is 5. The minimum atomic E-state index is -0.306. The van der Waals surface area contributed by atoms with Crippen molar-refractivity contribution in [2.24, 2.45) is 5.10 Å². The van der Waals surface area contributed by atoms with E-state index in [1.165, 1.54) is 12.5 Å². The maximum Gasteiger partial charge on any atom is 0.250 e. The van der Waals surface area contributed by atoms with Crippen LogP contribution in [0.25, 0.3) is 0 Å². The minimum absolute atomic E-state index is 0.0970. The maximum atomic E-state index is 14.0. The molecule has 2 heterocycles. The molecule has 1 aliphatic heterocycles. The number of benzene rings is 3. The Hall–Kier alpha value is -4.73. The van der Waals surface area contributed by atoms with E-state index < -0.39 is 0 Å². The van der Waals surface area contributed by atoms with Crippen LogP contribution in [0.2, 0.25) is 0 Å². The van der Waals surface area contributed by atoms with E-state index in [0.29, 0.717) is 41.5 Å². The molecule has 0 atom stereocenters. The number of ether oxygens (including phenoxy) is 2. The molecule has 1 fully saturated rings. The summed E-state index contributed by atoms with van der Waals surface area (Å²) in [4.78, 5) is 16.0. The molecule has 0 radical (unpaired) electrons. The summed E-state index contributed by atoms with van der Waals surface area (Å²) >= 11 is 0. The van der Waals surface area contributed by atoms with Gasteiger partial charge in [-0.15, -0.1) is 0 Å². The van der Waals surface area contributed by atoms with Crippen LogP contribution in [0.5, 0.6) is 11.5 Å². The first-order valence-corrected chi connectivity index (χ1v) is 13.4. The van der Waals surface area contributed by atoms with Crippen molar-refractivity contribution in [2.45, 2.75) is 32.8 Å². The number of anilines is 4. The van der Waals surface area contributed by atoms with E-state index in [2.05, 4.69) is 35.7 Å². The molecule has 40 heavy (non-hydrogen) atoms. The van der Waals surface area contributed by atoms with E-state index >= 15 is 0 Å². The van der Waals surface area contributed by atoms with Gasteiger partial charge >= 0.3 is 0 Å². The number of halogens is 1. The van der Waals surface area contributed by atoms with Crippen LogP contribution in [-0.2, 0) is 6.61 Å². The summed E-state index contributed by atoms with van der Waals surface area (Å²) < 4.78 is 25.6. The lowest BCUT2D eigenvalue weighted by Crippen LogP contribution is -2.31. The van der Waals surface area contributed by atoms with Gasteiger partial charge in [0.25, 0.3) is 0 Å². The molecule has 1 aliphatic rings. The van der Waals surface area contributed by atoms with Gasteiger partial charge in [-0.05, 0) is 68.1 Å². The summed E-state index contributed by atoms with van der Waals surface area (Å²) in [5.74, 6) is 2.15. The van der Waals surface area contributed by atoms with Gasteiger partial charge < -0.3 is 19.7 Å². The number of hydrazone groups is 1. The first-order chi connectivity index (χ1) is 19.7. The van der Waals surface area contributed by atoms with E-state index in [-0.39, 0.29) is 12.4 Å². The van der Waals surface area contributed by atoms with Crippen LogP contribution in [0.1, 0.15) is 37.3 Å². The number of rotatable bonds is 11. The molecule has 5 rings (SSSR count). The van der Waals surface area contributed by atoms with Gasteiger partial charge in [0.1, 0.15) is 12.4 Å². The van der Waals surface area contributed by atoms with Crippen LogP contribution >= 0.6 is 0 Å². The molecule has 0 unspecified atom stereocenters. The number of para-hydroxylation sites is 1. The summed E-state index contributed by atoms with van der Waals surface area (Å²) in [7, 11) is 0. The van der Waals surface area contributed by atoms with Gasteiger partial charge in [0.2, 0.25) is 17.8 Å². The Labute approximate surface area is 233 Å². The lowest BCUT2D eigenvalue weighted by molar-refractivity contribution is 0.266. The lowest BCUT2D eigenvalue weighted by atomic mass is 10.1. The SMILES string of the molecule is CCOc1cc(/C=N/Nc2nc(Nc3ccccc3)nc(N3CCCCC3)n2)ccc1OCc1ccccc1F. The van der Waals surface area contributed by atoms with Crippen molar-refractivity contribution in [3.63, 3.8) is 0 Å². The van der Waals surface area contributed by atoms with Crippen molar-refractivity contribution in [3.8, 4) is 11.5 Å². The fourth-order valence-corrected chi connectivity index (χ4v) is 4.28. The van der Waals surface area contributed by atoms with Crippen LogP contribution in [0.3, 0.4) is 0 Å². The normalized spacial score (nSPS) is 13.3. The van der Waals surface area contributed by atoms with Crippen molar-refractivity contribution in [3.05, 3.63) is 89.7 Å². The Morgan fingerprint density at radius 1 is 0.875 bits per heavy atom. The zero-order valence-corrected chi connectivity index (χ0v) is 22.4. The number of aromatic nitrogens is 3. The highest BCUT2D eigenvalue weighted by atomic mass is 19.1. The highest BCUT2D eigenvalue weighted by Crippen LogP contribution is 2.29. The molecular formula is C30H32FN7O2. The van der Waals surface area contributed by atoms with Gasteiger partial charge in [-0.3, -0.25) is 0 Å². The van der Waals surface area contributed by atoms with Gasteiger partial charge in [-0.25, -0.2) is 9.82 Å². The molecule has 1 aromatic heterocycles. The largest absolute Gasteiger partial charge is 0.490 e. The predicted octanol–water partition coefficient (Wildman–Crippen LogP) is 6.17. The Balaban J connectivity index is 1.31. The van der Waals surface area contributed by atoms with Crippen molar-refractivity contribution in [2.75, 3.05) is 35.3 Å². The number of hydrogen-bond donors (Lipinski definition) is 2. The zero-order valence-electron chi connectivity index (χ0n) is 22.4. The van der Waals surface area contributed by atoms with Crippen molar-refractivity contribution in [1.29, 1.82) is 0 Å². The Morgan fingerprint density at radius 2 is 1.65 bits per heavy atom. The predicted molar refractivity (Wildman–Crippen MR) is 155 cm³/mol. The average molecular weight is 542 g/mol. The highest BCUT2D eigenvalue weighted by molar-refractivity contribution is 5.81. The van der Waals surface area contributed by atoms with E-state index in [1.807, 2.05) is 49.4 Å². The molecule has 0 saturated carbocycles. The van der Waals surface area contributed by atoms with Crippen molar-refractivity contribution >= 4 is 29.7 Å². The average Bonchev–Trinajstić information content (AvgIpc) is 2.98. The summed E-state index contributed by atoms with van der Waals surface area (Å²) in [5.41, 5.74) is 5.08. The molecule has 10 heteroatoms. The van der Waals surface area contributed by atoms with Crippen LogP contribution in [-0.4, -0.2) is 40.9 Å². The molecule has 0 amide bonds. The first-order valence-electron chi connectivity index (χ1n) is 13.4. The second-order valence-electron chi connectivity index (χ2n) is 9.21. The maximum absolute atomic E-state index is 14.0. The number of piperidine rings is 1. The number of hydrogen-bond acceptors (Lipinski definition) is 9. The van der Waals surface area contributed by atoms with E-state index in [1.54, 1.807) is 30.5 Å².